The van der Waals surface area contributed by atoms with E-state index in [4.69, 9.17) is 8.83 Å². The molecule has 0 spiro atoms. The maximum Gasteiger partial charge on any atom is 0.303 e. The van der Waals surface area contributed by atoms with Crippen LogP contribution in [0.25, 0.3) is 11.3 Å². The van der Waals surface area contributed by atoms with Crippen molar-refractivity contribution in [2.45, 2.75) is 33.2 Å². The summed E-state index contributed by atoms with van der Waals surface area (Å²) in [5.41, 5.74) is 1.85. The molecule has 0 atom stereocenters. The molecule has 1 N–H and O–H groups in total. The van der Waals surface area contributed by atoms with Crippen molar-refractivity contribution in [1.82, 2.24) is 25.0 Å². The average Bonchev–Trinajstić information content (AvgIpc) is 3.42. The Balaban J connectivity index is 1.49. The normalized spacial score (nSPS) is 11.6. The lowest BCUT2D eigenvalue weighted by Gasteiger charge is -2.04. The van der Waals surface area contributed by atoms with Crippen molar-refractivity contribution in [3.05, 3.63) is 65.5 Å². The fraction of sp³-hybridized carbons (Fsp3) is 0.250. The molecule has 0 aliphatic carbocycles. The van der Waals surface area contributed by atoms with Crippen LogP contribution in [0.5, 0.6) is 0 Å². The van der Waals surface area contributed by atoms with Gasteiger partial charge in [0.2, 0.25) is 5.89 Å². The highest BCUT2D eigenvalue weighted by Crippen LogP contribution is 2.28. The van der Waals surface area contributed by atoms with E-state index in [1.807, 2.05) is 31.2 Å². The molecule has 0 saturated heterocycles. The number of nitrogens with zero attached hydrogens (tertiary/aromatic N) is 5. The third kappa shape index (κ3) is 4.49. The third-order valence-electron chi connectivity index (χ3n) is 4.27. The first-order valence-electron chi connectivity index (χ1n) is 9.28. The number of carbonyl (C=O) groups excluding carboxylic acids is 1. The predicted octanol–water partition coefficient (Wildman–Crippen LogP) is 3.95. The smallest absolute Gasteiger partial charge is 0.303 e. The van der Waals surface area contributed by atoms with Crippen molar-refractivity contribution >= 4 is 11.7 Å². The molecule has 0 unspecified atom stereocenters. The molecule has 0 fully saturated rings. The lowest BCUT2D eigenvalue weighted by Crippen LogP contribution is -2.14. The second-order valence-electron chi connectivity index (χ2n) is 7.00. The van der Waals surface area contributed by atoms with Gasteiger partial charge >= 0.3 is 5.92 Å². The Labute approximate surface area is 175 Å². The van der Waals surface area contributed by atoms with E-state index in [-0.39, 0.29) is 23.9 Å². The molecule has 4 aromatic rings. The van der Waals surface area contributed by atoms with E-state index in [1.54, 1.807) is 6.92 Å². The maximum absolute atomic E-state index is 13.3. The number of halogens is 2. The molecule has 3 aromatic heterocycles. The Morgan fingerprint density at radius 1 is 1.23 bits per heavy atom. The Morgan fingerprint density at radius 3 is 2.74 bits per heavy atom. The van der Waals surface area contributed by atoms with Crippen molar-refractivity contribution in [2.75, 3.05) is 5.32 Å². The van der Waals surface area contributed by atoms with E-state index in [2.05, 4.69) is 25.5 Å². The number of aryl methyl sites for hydroxylation is 2. The molecule has 11 heteroatoms. The van der Waals surface area contributed by atoms with Crippen LogP contribution in [0, 0.1) is 13.8 Å². The minimum absolute atomic E-state index is 0.0128. The number of benzene rings is 1. The number of alkyl halides is 2. The van der Waals surface area contributed by atoms with E-state index in [9.17, 15) is 13.6 Å². The number of hydrogen-bond acceptors (Lipinski definition) is 7. The summed E-state index contributed by atoms with van der Waals surface area (Å²) in [6.45, 7) is 4.22. The summed E-state index contributed by atoms with van der Waals surface area (Å²) in [6.07, 6.45) is 2.27. The van der Waals surface area contributed by atoms with E-state index < -0.39 is 17.6 Å². The summed E-state index contributed by atoms with van der Waals surface area (Å²) in [5.74, 6) is -3.35. The largest absolute Gasteiger partial charge is 0.440 e. The SMILES string of the molecule is Cc1cccc(-c2oc(C)nc2C(=O)Nc2cnn(Cc3ncc(C(C)(F)F)o3)n2)c1. The molecule has 160 valence electrons. The Kier molecular flexibility index (Phi) is 5.09. The number of rotatable bonds is 6. The molecular formula is C20H18F2N6O3. The van der Waals surface area contributed by atoms with E-state index in [0.717, 1.165) is 22.1 Å². The number of amides is 1. The lowest BCUT2D eigenvalue weighted by atomic mass is 10.1. The van der Waals surface area contributed by atoms with E-state index in [0.29, 0.717) is 18.6 Å². The van der Waals surface area contributed by atoms with Gasteiger partial charge in [0, 0.05) is 19.4 Å². The van der Waals surface area contributed by atoms with Gasteiger partial charge in [-0.05, 0) is 13.0 Å². The van der Waals surface area contributed by atoms with E-state index in [1.165, 1.54) is 6.20 Å². The molecule has 4 rings (SSSR count). The van der Waals surface area contributed by atoms with Crippen LogP contribution in [-0.2, 0) is 12.5 Å². The average molecular weight is 428 g/mol. The van der Waals surface area contributed by atoms with Crippen LogP contribution in [0.4, 0.5) is 14.6 Å². The van der Waals surface area contributed by atoms with Crippen LogP contribution in [0.3, 0.4) is 0 Å². The second-order valence-corrected chi connectivity index (χ2v) is 7.00. The van der Waals surface area contributed by atoms with Gasteiger partial charge in [-0.2, -0.15) is 18.7 Å². The minimum atomic E-state index is -3.13. The molecule has 1 amide bonds. The maximum atomic E-state index is 13.3. The number of hydrogen-bond donors (Lipinski definition) is 1. The van der Waals surface area contributed by atoms with Crippen LogP contribution in [0.1, 0.15) is 40.5 Å². The molecule has 31 heavy (non-hydrogen) atoms. The first-order chi connectivity index (χ1) is 14.7. The molecule has 9 nitrogen and oxygen atoms in total. The highest BCUT2D eigenvalue weighted by Gasteiger charge is 2.29. The van der Waals surface area contributed by atoms with Gasteiger partial charge in [0.1, 0.15) is 6.54 Å². The van der Waals surface area contributed by atoms with Crippen LogP contribution < -0.4 is 5.32 Å². The fourth-order valence-corrected chi connectivity index (χ4v) is 2.88. The molecule has 0 bridgehead atoms. The Bertz CT molecular complexity index is 1240. The summed E-state index contributed by atoms with van der Waals surface area (Å²) in [4.78, 5) is 21.9. The van der Waals surface area contributed by atoms with Crippen molar-refractivity contribution in [3.8, 4) is 11.3 Å². The number of anilines is 1. The first kappa shape index (κ1) is 20.4. The van der Waals surface area contributed by atoms with Crippen LogP contribution in [0.15, 0.2) is 45.5 Å². The van der Waals surface area contributed by atoms with Gasteiger partial charge < -0.3 is 14.2 Å². The zero-order chi connectivity index (χ0) is 22.2. The van der Waals surface area contributed by atoms with Gasteiger partial charge in [-0.25, -0.2) is 9.97 Å². The number of carbonyl (C=O) groups is 1. The second kappa shape index (κ2) is 7.74. The summed E-state index contributed by atoms with van der Waals surface area (Å²) < 4.78 is 37.2. The van der Waals surface area contributed by atoms with Gasteiger partial charge in [-0.15, -0.1) is 5.10 Å². The van der Waals surface area contributed by atoms with Crippen molar-refractivity contribution in [3.63, 3.8) is 0 Å². The van der Waals surface area contributed by atoms with Crippen LogP contribution >= 0.6 is 0 Å². The van der Waals surface area contributed by atoms with Crippen molar-refractivity contribution in [1.29, 1.82) is 0 Å². The fourth-order valence-electron chi connectivity index (χ4n) is 2.88. The quantitative estimate of drug-likeness (QED) is 0.495. The standard InChI is InChI=1S/C20H18F2N6O3/c1-11-5-4-6-13(7-11)18-17(25-12(2)30-18)19(29)26-15-9-24-28(27-15)10-16-23-8-14(31-16)20(3,21)22/h4-9H,10H2,1-3H3,(H,26,27,29). The van der Waals surface area contributed by atoms with Crippen LogP contribution in [-0.4, -0.2) is 30.9 Å². The highest BCUT2D eigenvalue weighted by molar-refractivity contribution is 6.05. The predicted molar refractivity (Wildman–Crippen MR) is 105 cm³/mol. The molecule has 0 radical (unpaired) electrons. The van der Waals surface area contributed by atoms with Gasteiger partial charge in [0.05, 0.1) is 12.4 Å². The Hall–Kier alpha value is -3.89. The number of nitrogens with one attached hydrogen (secondary N) is 1. The molecule has 1 aromatic carbocycles. The molecular weight excluding hydrogens is 410 g/mol. The van der Waals surface area contributed by atoms with E-state index >= 15 is 0 Å². The minimum Gasteiger partial charge on any atom is -0.440 e. The Morgan fingerprint density at radius 2 is 2.03 bits per heavy atom. The molecule has 0 aliphatic rings. The molecule has 0 aliphatic heterocycles. The third-order valence-corrected chi connectivity index (χ3v) is 4.27. The van der Waals surface area contributed by atoms with Gasteiger partial charge in [-0.3, -0.25) is 4.79 Å². The summed E-state index contributed by atoms with van der Waals surface area (Å²) in [5, 5.41) is 10.7. The lowest BCUT2D eigenvalue weighted by molar-refractivity contribution is -0.00641. The first-order valence-corrected chi connectivity index (χ1v) is 9.28. The van der Waals surface area contributed by atoms with Gasteiger partial charge in [-0.1, -0.05) is 23.8 Å². The topological polar surface area (TPSA) is 112 Å². The van der Waals surface area contributed by atoms with Crippen molar-refractivity contribution in [2.24, 2.45) is 0 Å². The zero-order valence-corrected chi connectivity index (χ0v) is 16.9. The zero-order valence-electron chi connectivity index (χ0n) is 16.9. The number of oxazole rings is 2. The summed E-state index contributed by atoms with van der Waals surface area (Å²) in [6, 6.07) is 7.50. The monoisotopic (exact) mass is 428 g/mol. The summed E-state index contributed by atoms with van der Waals surface area (Å²) in [7, 11) is 0. The molecule has 0 saturated carbocycles. The van der Waals surface area contributed by atoms with Crippen molar-refractivity contribution < 1.29 is 22.4 Å². The highest BCUT2D eigenvalue weighted by atomic mass is 19.3. The summed E-state index contributed by atoms with van der Waals surface area (Å²) >= 11 is 0. The number of aromatic nitrogens is 5. The van der Waals surface area contributed by atoms with Gasteiger partial charge in [0.15, 0.2) is 28.9 Å². The van der Waals surface area contributed by atoms with Crippen LogP contribution in [0.2, 0.25) is 0 Å². The van der Waals surface area contributed by atoms with Gasteiger partial charge in [0.25, 0.3) is 5.91 Å². The molecule has 3 heterocycles.